The van der Waals surface area contributed by atoms with Gasteiger partial charge in [0.25, 0.3) is 0 Å². The normalized spacial score (nSPS) is 16.2. The maximum Gasteiger partial charge on any atom is 0.308 e. The highest BCUT2D eigenvalue weighted by atomic mass is 16.5. The third kappa shape index (κ3) is 2.86. The topological polar surface area (TPSA) is 72.6 Å². The van der Waals surface area contributed by atoms with E-state index in [4.69, 9.17) is 10.5 Å². The molecular weight excluding hydrogens is 244 g/mol. The van der Waals surface area contributed by atoms with Crippen LogP contribution in [0.2, 0.25) is 0 Å². The van der Waals surface area contributed by atoms with Gasteiger partial charge in [-0.2, -0.15) is 0 Å². The van der Waals surface area contributed by atoms with Crippen LogP contribution in [-0.4, -0.2) is 32.5 Å². The minimum absolute atomic E-state index is 0.0308. The SMILES string of the molecule is COC(=O)C1CCN(c2cc(C=O)ccc2N)CC1. The average molecular weight is 262 g/mol. The molecule has 0 aromatic heterocycles. The number of carbonyl (C=O) groups excluding carboxylic acids is 2. The summed E-state index contributed by atoms with van der Waals surface area (Å²) >= 11 is 0. The van der Waals surface area contributed by atoms with Crippen molar-refractivity contribution in [3.8, 4) is 0 Å². The van der Waals surface area contributed by atoms with Gasteiger partial charge in [-0.3, -0.25) is 9.59 Å². The van der Waals surface area contributed by atoms with Gasteiger partial charge >= 0.3 is 5.97 Å². The summed E-state index contributed by atoms with van der Waals surface area (Å²) in [7, 11) is 1.42. The molecule has 1 aliphatic rings. The fourth-order valence-electron chi connectivity index (χ4n) is 2.43. The van der Waals surface area contributed by atoms with Crippen LogP contribution in [0.1, 0.15) is 23.2 Å². The fourth-order valence-corrected chi connectivity index (χ4v) is 2.43. The first-order valence-corrected chi connectivity index (χ1v) is 6.33. The summed E-state index contributed by atoms with van der Waals surface area (Å²) in [5.74, 6) is -0.175. The monoisotopic (exact) mass is 262 g/mol. The van der Waals surface area contributed by atoms with E-state index in [0.29, 0.717) is 11.3 Å². The summed E-state index contributed by atoms with van der Waals surface area (Å²) in [6, 6.07) is 5.24. The number of ether oxygens (including phenoxy) is 1. The molecule has 1 saturated heterocycles. The van der Waals surface area contributed by atoms with Crippen molar-refractivity contribution in [3.05, 3.63) is 23.8 Å². The van der Waals surface area contributed by atoms with E-state index in [1.54, 1.807) is 18.2 Å². The van der Waals surface area contributed by atoms with Gasteiger partial charge in [0.05, 0.1) is 24.4 Å². The van der Waals surface area contributed by atoms with Crippen LogP contribution in [0.5, 0.6) is 0 Å². The van der Waals surface area contributed by atoms with Crippen LogP contribution in [-0.2, 0) is 9.53 Å². The second-order valence-electron chi connectivity index (χ2n) is 4.72. The van der Waals surface area contributed by atoms with Crippen LogP contribution >= 0.6 is 0 Å². The summed E-state index contributed by atoms with van der Waals surface area (Å²) in [5.41, 5.74) is 8.08. The molecule has 2 rings (SSSR count). The maximum absolute atomic E-state index is 11.5. The van der Waals surface area contributed by atoms with Gasteiger partial charge in [-0.05, 0) is 31.0 Å². The van der Waals surface area contributed by atoms with Gasteiger partial charge < -0.3 is 15.4 Å². The Bertz CT molecular complexity index is 480. The van der Waals surface area contributed by atoms with E-state index < -0.39 is 0 Å². The van der Waals surface area contributed by atoms with Crippen molar-refractivity contribution in [2.75, 3.05) is 30.8 Å². The minimum atomic E-state index is -0.144. The third-order valence-corrected chi connectivity index (χ3v) is 3.56. The highest BCUT2D eigenvalue weighted by molar-refractivity contribution is 5.81. The molecule has 1 heterocycles. The van der Waals surface area contributed by atoms with Crippen LogP contribution in [0.4, 0.5) is 11.4 Å². The number of nitrogen functional groups attached to an aromatic ring is 1. The molecule has 2 N–H and O–H groups in total. The molecule has 19 heavy (non-hydrogen) atoms. The Morgan fingerprint density at radius 1 is 1.42 bits per heavy atom. The fraction of sp³-hybridized carbons (Fsp3) is 0.429. The Labute approximate surface area is 112 Å². The molecule has 0 aliphatic carbocycles. The minimum Gasteiger partial charge on any atom is -0.469 e. The number of nitrogens with zero attached hydrogens (tertiary/aromatic N) is 1. The zero-order valence-electron chi connectivity index (χ0n) is 11.0. The Morgan fingerprint density at radius 3 is 2.68 bits per heavy atom. The Kier molecular flexibility index (Phi) is 4.04. The quantitative estimate of drug-likeness (QED) is 0.507. The molecule has 1 aromatic rings. The molecular formula is C14H18N2O3. The lowest BCUT2D eigenvalue weighted by Gasteiger charge is -2.33. The van der Waals surface area contributed by atoms with E-state index in [2.05, 4.69) is 4.90 Å². The van der Waals surface area contributed by atoms with Gasteiger partial charge in [0.1, 0.15) is 6.29 Å². The van der Waals surface area contributed by atoms with Crippen molar-refractivity contribution in [3.63, 3.8) is 0 Å². The van der Waals surface area contributed by atoms with Crippen molar-refractivity contribution < 1.29 is 14.3 Å². The molecule has 0 atom stereocenters. The first-order chi connectivity index (χ1) is 9.15. The second kappa shape index (κ2) is 5.73. The molecule has 5 heteroatoms. The predicted octanol–water partition coefficient (Wildman–Crippen LogP) is 1.47. The van der Waals surface area contributed by atoms with Gasteiger partial charge in [-0.25, -0.2) is 0 Å². The molecule has 0 spiro atoms. The molecule has 102 valence electrons. The number of methoxy groups -OCH3 is 1. The van der Waals surface area contributed by atoms with Gasteiger partial charge in [-0.1, -0.05) is 0 Å². The first-order valence-electron chi connectivity index (χ1n) is 6.33. The standard InChI is InChI=1S/C14H18N2O3/c1-19-14(18)11-4-6-16(7-5-11)13-8-10(9-17)2-3-12(13)15/h2-3,8-9,11H,4-7,15H2,1H3. The molecule has 5 nitrogen and oxygen atoms in total. The van der Waals surface area contributed by atoms with Crippen molar-refractivity contribution >= 4 is 23.6 Å². The molecule has 0 unspecified atom stereocenters. The third-order valence-electron chi connectivity index (χ3n) is 3.56. The number of anilines is 2. The maximum atomic E-state index is 11.5. The summed E-state index contributed by atoms with van der Waals surface area (Å²) in [4.78, 5) is 24.4. The summed E-state index contributed by atoms with van der Waals surface area (Å²) in [6.07, 6.45) is 2.30. The van der Waals surface area contributed by atoms with Crippen LogP contribution < -0.4 is 10.6 Å². The van der Waals surface area contributed by atoms with Gasteiger partial charge in [0.2, 0.25) is 0 Å². The largest absolute Gasteiger partial charge is 0.469 e. The Morgan fingerprint density at radius 2 is 2.11 bits per heavy atom. The van der Waals surface area contributed by atoms with Gasteiger partial charge in [0, 0.05) is 18.7 Å². The first kappa shape index (κ1) is 13.4. The molecule has 1 aliphatic heterocycles. The van der Waals surface area contributed by atoms with Crippen LogP contribution in [0.3, 0.4) is 0 Å². The molecule has 0 radical (unpaired) electrons. The lowest BCUT2D eigenvalue weighted by molar-refractivity contribution is -0.146. The van der Waals surface area contributed by atoms with E-state index >= 15 is 0 Å². The molecule has 0 bridgehead atoms. The zero-order valence-corrected chi connectivity index (χ0v) is 11.0. The molecule has 1 aromatic carbocycles. The van der Waals surface area contributed by atoms with Crippen LogP contribution in [0.15, 0.2) is 18.2 Å². The Hall–Kier alpha value is -2.04. The number of hydrogen-bond donors (Lipinski definition) is 1. The van der Waals surface area contributed by atoms with E-state index in [1.165, 1.54) is 7.11 Å². The van der Waals surface area contributed by atoms with E-state index in [-0.39, 0.29) is 11.9 Å². The number of rotatable bonds is 3. The van der Waals surface area contributed by atoms with E-state index in [1.807, 2.05) is 0 Å². The Balaban J connectivity index is 2.09. The number of hydrogen-bond acceptors (Lipinski definition) is 5. The number of esters is 1. The van der Waals surface area contributed by atoms with Crippen LogP contribution in [0.25, 0.3) is 0 Å². The lowest BCUT2D eigenvalue weighted by atomic mass is 9.96. The number of carbonyl (C=O) groups is 2. The van der Waals surface area contributed by atoms with Gasteiger partial charge in [0.15, 0.2) is 0 Å². The van der Waals surface area contributed by atoms with E-state index in [9.17, 15) is 9.59 Å². The average Bonchev–Trinajstić information content (AvgIpc) is 2.47. The van der Waals surface area contributed by atoms with Crippen molar-refractivity contribution in [2.24, 2.45) is 5.92 Å². The van der Waals surface area contributed by atoms with Crippen molar-refractivity contribution in [2.45, 2.75) is 12.8 Å². The summed E-state index contributed by atoms with van der Waals surface area (Å²) in [5, 5.41) is 0. The summed E-state index contributed by atoms with van der Waals surface area (Å²) < 4.78 is 4.76. The predicted molar refractivity (Wildman–Crippen MR) is 73.2 cm³/mol. The smallest absolute Gasteiger partial charge is 0.308 e. The van der Waals surface area contributed by atoms with E-state index in [0.717, 1.165) is 37.9 Å². The number of nitrogens with two attached hydrogens (primary N) is 1. The molecule has 1 fully saturated rings. The lowest BCUT2D eigenvalue weighted by Crippen LogP contribution is -2.37. The number of aldehydes is 1. The van der Waals surface area contributed by atoms with Crippen molar-refractivity contribution in [1.82, 2.24) is 0 Å². The van der Waals surface area contributed by atoms with Gasteiger partial charge in [-0.15, -0.1) is 0 Å². The zero-order chi connectivity index (χ0) is 13.8. The summed E-state index contributed by atoms with van der Waals surface area (Å²) in [6.45, 7) is 1.48. The highest BCUT2D eigenvalue weighted by Crippen LogP contribution is 2.29. The second-order valence-corrected chi connectivity index (χ2v) is 4.72. The number of piperidine rings is 1. The highest BCUT2D eigenvalue weighted by Gasteiger charge is 2.26. The molecule has 0 saturated carbocycles. The number of benzene rings is 1. The van der Waals surface area contributed by atoms with Crippen LogP contribution in [0, 0.1) is 5.92 Å². The molecule has 0 amide bonds. The van der Waals surface area contributed by atoms with Crippen molar-refractivity contribution in [1.29, 1.82) is 0 Å².